The monoisotopic (exact) mass is 404 g/mol. The number of nitrogens with one attached hydrogen (secondary N) is 2. The summed E-state index contributed by atoms with van der Waals surface area (Å²) in [6.07, 6.45) is 2.55. The van der Waals surface area contributed by atoms with Crippen LogP contribution in [-0.2, 0) is 16.8 Å². The number of rotatable bonds is 7. The molecule has 3 rings (SSSR count). The van der Waals surface area contributed by atoms with E-state index < -0.39 is 6.09 Å². The number of amides is 1. The van der Waals surface area contributed by atoms with Crippen molar-refractivity contribution in [3.05, 3.63) is 89.7 Å². The highest BCUT2D eigenvalue weighted by atomic mass is 16.6. The van der Waals surface area contributed by atoms with E-state index in [0.717, 1.165) is 22.4 Å². The van der Waals surface area contributed by atoms with Crippen LogP contribution in [0.4, 0.5) is 16.2 Å². The number of alkyl carbamates (subject to hydrolysis) is 1. The van der Waals surface area contributed by atoms with E-state index in [0.29, 0.717) is 12.2 Å². The van der Waals surface area contributed by atoms with Gasteiger partial charge in [0, 0.05) is 24.5 Å². The van der Waals surface area contributed by atoms with E-state index >= 15 is 0 Å². The van der Waals surface area contributed by atoms with Gasteiger partial charge >= 0.3 is 6.09 Å². The van der Waals surface area contributed by atoms with Crippen LogP contribution in [0.1, 0.15) is 43.6 Å². The first kappa shape index (κ1) is 21.2. The van der Waals surface area contributed by atoms with Crippen molar-refractivity contribution in [2.75, 3.05) is 11.1 Å². The first-order valence-corrected chi connectivity index (χ1v) is 9.91. The van der Waals surface area contributed by atoms with E-state index in [-0.39, 0.29) is 11.6 Å². The zero-order valence-electron chi connectivity index (χ0n) is 17.6. The molecule has 0 aliphatic heterocycles. The third-order valence-electron chi connectivity index (χ3n) is 4.96. The number of pyridine rings is 1. The van der Waals surface area contributed by atoms with Crippen molar-refractivity contribution in [3.63, 3.8) is 0 Å². The van der Waals surface area contributed by atoms with Crippen molar-refractivity contribution >= 4 is 17.5 Å². The van der Waals surface area contributed by atoms with E-state index in [1.807, 2.05) is 67.6 Å². The molecule has 1 aromatic heterocycles. The van der Waals surface area contributed by atoms with Crippen LogP contribution in [-0.4, -0.2) is 11.1 Å². The quantitative estimate of drug-likeness (QED) is 0.482. The van der Waals surface area contributed by atoms with E-state index in [2.05, 4.69) is 29.5 Å². The Hall–Kier alpha value is -3.54. The summed E-state index contributed by atoms with van der Waals surface area (Å²) in [4.78, 5) is 16.1. The molecule has 0 aliphatic carbocycles. The molecule has 1 amide bonds. The molecule has 0 spiro atoms. The third kappa shape index (κ3) is 5.50. The van der Waals surface area contributed by atoms with Gasteiger partial charge in [0.15, 0.2) is 0 Å². The fourth-order valence-corrected chi connectivity index (χ4v) is 3.12. The maximum Gasteiger partial charge on any atom is 0.408 e. The molecular formula is C24H28N4O2. The van der Waals surface area contributed by atoms with Crippen LogP contribution in [0.25, 0.3) is 0 Å². The van der Waals surface area contributed by atoms with Gasteiger partial charge in [-0.2, -0.15) is 0 Å². The average Bonchev–Trinajstić information content (AvgIpc) is 2.75. The van der Waals surface area contributed by atoms with Crippen molar-refractivity contribution in [1.29, 1.82) is 0 Å². The van der Waals surface area contributed by atoms with Crippen molar-refractivity contribution in [3.8, 4) is 0 Å². The van der Waals surface area contributed by atoms with Crippen LogP contribution < -0.4 is 16.4 Å². The van der Waals surface area contributed by atoms with Gasteiger partial charge in [-0.3, -0.25) is 4.98 Å². The predicted octanol–water partition coefficient (Wildman–Crippen LogP) is 5.00. The number of nitrogen functional groups attached to an aromatic ring is 1. The van der Waals surface area contributed by atoms with Gasteiger partial charge in [-0.15, -0.1) is 0 Å². The van der Waals surface area contributed by atoms with Gasteiger partial charge in [-0.1, -0.05) is 42.5 Å². The molecule has 156 valence electrons. The summed E-state index contributed by atoms with van der Waals surface area (Å²) >= 11 is 0. The highest BCUT2D eigenvalue weighted by molar-refractivity contribution is 5.68. The largest absolute Gasteiger partial charge is 0.442 e. The highest BCUT2D eigenvalue weighted by Gasteiger charge is 2.21. The molecule has 30 heavy (non-hydrogen) atoms. The lowest BCUT2D eigenvalue weighted by Gasteiger charge is -2.29. The number of hydrogen-bond donors (Lipinski definition) is 3. The fraction of sp³-hybridized carbons (Fsp3) is 0.250. The van der Waals surface area contributed by atoms with Crippen LogP contribution in [0.3, 0.4) is 0 Å². The second-order valence-electron chi connectivity index (χ2n) is 7.72. The number of aromatic nitrogens is 1. The number of para-hydroxylation sites is 2. The van der Waals surface area contributed by atoms with Gasteiger partial charge in [-0.05, 0) is 50.1 Å². The zero-order valence-corrected chi connectivity index (χ0v) is 17.6. The van der Waals surface area contributed by atoms with Crippen molar-refractivity contribution in [1.82, 2.24) is 10.3 Å². The zero-order chi connectivity index (χ0) is 21.6. The molecule has 0 saturated carbocycles. The summed E-state index contributed by atoms with van der Waals surface area (Å²) < 4.78 is 5.40. The molecular weight excluding hydrogens is 376 g/mol. The Bertz CT molecular complexity index is 972. The Morgan fingerprint density at radius 1 is 1.10 bits per heavy atom. The maximum atomic E-state index is 12.1. The van der Waals surface area contributed by atoms with Gasteiger partial charge in [-0.25, -0.2) is 4.79 Å². The lowest BCUT2D eigenvalue weighted by Crippen LogP contribution is -2.28. The maximum absolute atomic E-state index is 12.1. The normalized spacial score (nSPS) is 12.1. The van der Waals surface area contributed by atoms with Crippen molar-refractivity contribution < 1.29 is 9.53 Å². The molecule has 2 aromatic carbocycles. The Kier molecular flexibility index (Phi) is 6.57. The summed E-state index contributed by atoms with van der Waals surface area (Å²) in [5.41, 5.74) is 10.3. The van der Waals surface area contributed by atoms with Gasteiger partial charge in [0.2, 0.25) is 0 Å². The Morgan fingerprint density at radius 3 is 2.50 bits per heavy atom. The molecule has 4 N–H and O–H groups in total. The number of anilines is 2. The summed E-state index contributed by atoms with van der Waals surface area (Å²) in [5, 5.41) is 6.28. The standard InChI is InChI=1S/C24H28N4O2/c1-17(19-7-6-14-26-16-19)30-23(29)27-15-18-10-12-20(13-11-18)24(2,3)28-22-9-5-4-8-21(22)25/h4-14,16-17,28H,15,25H2,1-3H3,(H,27,29)/t17-/m0/s1. The minimum absolute atomic E-state index is 0.306. The molecule has 6 heteroatoms. The fourth-order valence-electron chi connectivity index (χ4n) is 3.12. The lowest BCUT2D eigenvalue weighted by molar-refractivity contribution is 0.106. The van der Waals surface area contributed by atoms with Crippen LogP contribution in [0.5, 0.6) is 0 Å². The molecule has 0 unspecified atom stereocenters. The van der Waals surface area contributed by atoms with Crippen molar-refractivity contribution in [2.24, 2.45) is 0 Å². The van der Waals surface area contributed by atoms with Gasteiger partial charge in [0.25, 0.3) is 0 Å². The van der Waals surface area contributed by atoms with E-state index in [1.165, 1.54) is 0 Å². The van der Waals surface area contributed by atoms with Crippen molar-refractivity contribution in [2.45, 2.75) is 39.0 Å². The molecule has 0 bridgehead atoms. The molecule has 1 heterocycles. The number of carbonyl (C=O) groups is 1. The second-order valence-corrected chi connectivity index (χ2v) is 7.72. The molecule has 0 fully saturated rings. The Morgan fingerprint density at radius 2 is 1.83 bits per heavy atom. The summed E-state index contributed by atoms with van der Waals surface area (Å²) in [5.74, 6) is 0. The smallest absolute Gasteiger partial charge is 0.408 e. The third-order valence-corrected chi connectivity index (χ3v) is 4.96. The summed E-state index contributed by atoms with van der Waals surface area (Å²) in [6.45, 7) is 6.41. The molecule has 0 radical (unpaired) electrons. The van der Waals surface area contributed by atoms with E-state index in [1.54, 1.807) is 12.4 Å². The Balaban J connectivity index is 1.55. The van der Waals surface area contributed by atoms with Gasteiger partial charge < -0.3 is 21.1 Å². The first-order valence-electron chi connectivity index (χ1n) is 9.91. The van der Waals surface area contributed by atoms with Crippen LogP contribution >= 0.6 is 0 Å². The number of benzene rings is 2. The minimum Gasteiger partial charge on any atom is -0.442 e. The van der Waals surface area contributed by atoms with Gasteiger partial charge in [0.05, 0.1) is 16.9 Å². The lowest BCUT2D eigenvalue weighted by atomic mass is 9.93. The topological polar surface area (TPSA) is 89.3 Å². The number of ether oxygens (including phenoxy) is 1. The Labute approximate surface area is 177 Å². The molecule has 1 atom stereocenters. The van der Waals surface area contributed by atoms with E-state index in [9.17, 15) is 4.79 Å². The second kappa shape index (κ2) is 9.31. The number of nitrogens with two attached hydrogens (primary N) is 1. The number of carbonyl (C=O) groups excluding carboxylic acids is 1. The molecule has 3 aromatic rings. The predicted molar refractivity (Wildman–Crippen MR) is 120 cm³/mol. The minimum atomic E-state index is -0.461. The highest BCUT2D eigenvalue weighted by Crippen LogP contribution is 2.28. The van der Waals surface area contributed by atoms with Gasteiger partial charge in [0.1, 0.15) is 6.10 Å². The summed E-state index contributed by atoms with van der Waals surface area (Å²) in [7, 11) is 0. The molecule has 0 aliphatic rings. The average molecular weight is 405 g/mol. The summed E-state index contributed by atoms with van der Waals surface area (Å²) in [6, 6.07) is 19.5. The van der Waals surface area contributed by atoms with E-state index in [4.69, 9.17) is 10.5 Å². The number of nitrogens with zero attached hydrogens (tertiary/aromatic N) is 1. The first-order chi connectivity index (χ1) is 14.3. The molecule has 6 nitrogen and oxygen atoms in total. The van der Waals surface area contributed by atoms with Crippen LogP contribution in [0.2, 0.25) is 0 Å². The molecule has 0 saturated heterocycles. The van der Waals surface area contributed by atoms with Crippen LogP contribution in [0, 0.1) is 0 Å². The van der Waals surface area contributed by atoms with Crippen LogP contribution in [0.15, 0.2) is 73.1 Å². The SMILES string of the molecule is C[C@H](OC(=O)NCc1ccc(C(C)(C)Nc2ccccc2N)cc1)c1cccnc1. The number of hydrogen-bond acceptors (Lipinski definition) is 5.